The molecular weight excluding hydrogens is 262 g/mol. The standard InChI is InChI=1S/C17H23N3O/c1-4-20(11-7-10-19(2)3)17-15(13-21)12-14-8-5-6-9-16(14)18-17/h5-6,8-9,12-13H,4,7,10-11H2,1-3H3. The first-order valence-electron chi connectivity index (χ1n) is 7.40. The molecule has 0 atom stereocenters. The summed E-state index contributed by atoms with van der Waals surface area (Å²) in [7, 11) is 4.14. The Bertz CT molecular complexity index is 610. The smallest absolute Gasteiger partial charge is 0.153 e. The monoisotopic (exact) mass is 285 g/mol. The first-order valence-corrected chi connectivity index (χ1v) is 7.40. The zero-order valence-electron chi connectivity index (χ0n) is 13.0. The second-order valence-electron chi connectivity index (χ2n) is 5.45. The minimum atomic E-state index is 0.667. The Balaban J connectivity index is 2.30. The van der Waals surface area contributed by atoms with Crippen molar-refractivity contribution in [2.45, 2.75) is 13.3 Å². The van der Waals surface area contributed by atoms with Gasteiger partial charge in [0.05, 0.1) is 11.1 Å². The fourth-order valence-corrected chi connectivity index (χ4v) is 2.45. The van der Waals surface area contributed by atoms with E-state index in [1.54, 1.807) is 0 Å². The Hall–Kier alpha value is -1.94. The fourth-order valence-electron chi connectivity index (χ4n) is 2.45. The van der Waals surface area contributed by atoms with Gasteiger partial charge in [-0.05, 0) is 46.1 Å². The molecule has 1 aromatic carbocycles. The molecule has 0 aliphatic carbocycles. The third kappa shape index (κ3) is 3.79. The van der Waals surface area contributed by atoms with E-state index in [0.717, 1.165) is 49.1 Å². The number of nitrogens with zero attached hydrogens (tertiary/aromatic N) is 3. The van der Waals surface area contributed by atoms with Crippen molar-refractivity contribution in [1.29, 1.82) is 0 Å². The summed E-state index contributed by atoms with van der Waals surface area (Å²) >= 11 is 0. The number of rotatable bonds is 7. The van der Waals surface area contributed by atoms with Crippen LogP contribution in [-0.2, 0) is 0 Å². The van der Waals surface area contributed by atoms with Crippen molar-refractivity contribution in [2.75, 3.05) is 38.6 Å². The molecule has 0 unspecified atom stereocenters. The number of para-hydroxylation sites is 1. The van der Waals surface area contributed by atoms with Crippen LogP contribution in [0.3, 0.4) is 0 Å². The van der Waals surface area contributed by atoms with Crippen molar-refractivity contribution in [3.63, 3.8) is 0 Å². The number of aromatic nitrogens is 1. The summed E-state index contributed by atoms with van der Waals surface area (Å²) in [6.45, 7) is 4.88. The molecule has 0 bridgehead atoms. The van der Waals surface area contributed by atoms with Gasteiger partial charge in [0.25, 0.3) is 0 Å². The zero-order chi connectivity index (χ0) is 15.2. The van der Waals surface area contributed by atoms with Crippen molar-refractivity contribution in [3.05, 3.63) is 35.9 Å². The number of benzene rings is 1. The van der Waals surface area contributed by atoms with Gasteiger partial charge in [-0.2, -0.15) is 0 Å². The summed E-state index contributed by atoms with van der Waals surface area (Å²) in [6.07, 6.45) is 1.96. The summed E-state index contributed by atoms with van der Waals surface area (Å²) in [6, 6.07) is 9.84. The van der Waals surface area contributed by atoms with E-state index in [4.69, 9.17) is 4.98 Å². The number of hydrogen-bond acceptors (Lipinski definition) is 4. The molecule has 0 spiro atoms. The molecule has 0 amide bonds. The SMILES string of the molecule is CCN(CCCN(C)C)c1nc2ccccc2cc1C=O. The number of hydrogen-bond donors (Lipinski definition) is 0. The molecule has 0 saturated heterocycles. The van der Waals surface area contributed by atoms with Crippen molar-refractivity contribution in [2.24, 2.45) is 0 Å². The summed E-state index contributed by atoms with van der Waals surface area (Å²) in [5.41, 5.74) is 1.60. The normalized spacial score (nSPS) is 11.0. The maximum Gasteiger partial charge on any atom is 0.153 e. The molecular formula is C17H23N3O. The van der Waals surface area contributed by atoms with Gasteiger partial charge in [0, 0.05) is 18.5 Å². The fraction of sp³-hybridized carbons (Fsp3) is 0.412. The van der Waals surface area contributed by atoms with Crippen LogP contribution in [-0.4, -0.2) is 49.9 Å². The first-order chi connectivity index (χ1) is 10.2. The van der Waals surface area contributed by atoms with Crippen LogP contribution in [0.2, 0.25) is 0 Å². The van der Waals surface area contributed by atoms with E-state index in [9.17, 15) is 4.79 Å². The quantitative estimate of drug-likeness (QED) is 0.733. The van der Waals surface area contributed by atoms with Gasteiger partial charge in [0.1, 0.15) is 5.82 Å². The molecule has 1 heterocycles. The second kappa shape index (κ2) is 7.18. The molecule has 0 saturated carbocycles. The molecule has 112 valence electrons. The Kier molecular flexibility index (Phi) is 5.28. The van der Waals surface area contributed by atoms with Gasteiger partial charge in [-0.3, -0.25) is 4.79 Å². The summed E-state index contributed by atoms with van der Waals surface area (Å²) in [5.74, 6) is 0.796. The van der Waals surface area contributed by atoms with E-state index in [1.807, 2.05) is 30.3 Å². The predicted octanol–water partition coefficient (Wildman–Crippen LogP) is 2.83. The van der Waals surface area contributed by atoms with Gasteiger partial charge in [0.15, 0.2) is 6.29 Å². The summed E-state index contributed by atoms with van der Waals surface area (Å²) in [4.78, 5) is 20.4. The van der Waals surface area contributed by atoms with Gasteiger partial charge in [-0.25, -0.2) is 4.98 Å². The molecule has 2 aromatic rings. The average Bonchev–Trinajstić information content (AvgIpc) is 2.50. The van der Waals surface area contributed by atoms with Crippen molar-refractivity contribution < 1.29 is 4.79 Å². The summed E-state index contributed by atoms with van der Waals surface area (Å²) < 4.78 is 0. The van der Waals surface area contributed by atoms with Crippen LogP contribution in [0.5, 0.6) is 0 Å². The highest BCUT2D eigenvalue weighted by Gasteiger charge is 2.12. The highest BCUT2D eigenvalue weighted by molar-refractivity contribution is 5.91. The van der Waals surface area contributed by atoms with E-state index >= 15 is 0 Å². The number of fused-ring (bicyclic) bond motifs is 1. The lowest BCUT2D eigenvalue weighted by molar-refractivity contribution is 0.112. The Morgan fingerprint density at radius 1 is 1.19 bits per heavy atom. The van der Waals surface area contributed by atoms with Gasteiger partial charge in [-0.15, -0.1) is 0 Å². The number of pyridine rings is 1. The minimum Gasteiger partial charge on any atom is -0.356 e. The zero-order valence-corrected chi connectivity index (χ0v) is 13.0. The number of aldehydes is 1. The van der Waals surface area contributed by atoms with E-state index in [-0.39, 0.29) is 0 Å². The molecule has 0 aliphatic heterocycles. The largest absolute Gasteiger partial charge is 0.356 e. The molecule has 1 aromatic heterocycles. The third-order valence-corrected chi connectivity index (χ3v) is 3.57. The Labute approximate surface area is 126 Å². The highest BCUT2D eigenvalue weighted by Crippen LogP contribution is 2.22. The van der Waals surface area contributed by atoms with Crippen molar-refractivity contribution in [1.82, 2.24) is 9.88 Å². The first kappa shape index (κ1) is 15.4. The van der Waals surface area contributed by atoms with Crippen LogP contribution in [0.25, 0.3) is 10.9 Å². The minimum absolute atomic E-state index is 0.667. The molecule has 0 N–H and O–H groups in total. The van der Waals surface area contributed by atoms with Crippen LogP contribution in [0.1, 0.15) is 23.7 Å². The molecule has 0 radical (unpaired) electrons. The number of carbonyl (C=O) groups is 1. The maximum absolute atomic E-state index is 11.4. The van der Waals surface area contributed by atoms with Gasteiger partial charge in [0.2, 0.25) is 0 Å². The molecule has 21 heavy (non-hydrogen) atoms. The predicted molar refractivity (Wildman–Crippen MR) is 88.2 cm³/mol. The van der Waals surface area contributed by atoms with Crippen LogP contribution >= 0.6 is 0 Å². The lowest BCUT2D eigenvalue weighted by Crippen LogP contribution is -2.28. The second-order valence-corrected chi connectivity index (χ2v) is 5.45. The van der Waals surface area contributed by atoms with Crippen LogP contribution in [0.15, 0.2) is 30.3 Å². The van der Waals surface area contributed by atoms with E-state index in [2.05, 4.69) is 30.8 Å². The third-order valence-electron chi connectivity index (χ3n) is 3.57. The van der Waals surface area contributed by atoms with Gasteiger partial charge in [-0.1, -0.05) is 18.2 Å². The van der Waals surface area contributed by atoms with Crippen LogP contribution < -0.4 is 4.90 Å². The lowest BCUT2D eigenvalue weighted by atomic mass is 10.1. The Morgan fingerprint density at radius 2 is 1.95 bits per heavy atom. The Morgan fingerprint density at radius 3 is 2.62 bits per heavy atom. The van der Waals surface area contributed by atoms with Crippen LogP contribution in [0.4, 0.5) is 5.82 Å². The van der Waals surface area contributed by atoms with E-state index in [0.29, 0.717) is 5.56 Å². The highest BCUT2D eigenvalue weighted by atomic mass is 16.1. The number of anilines is 1. The van der Waals surface area contributed by atoms with E-state index in [1.165, 1.54) is 0 Å². The average molecular weight is 285 g/mol. The van der Waals surface area contributed by atoms with Crippen molar-refractivity contribution >= 4 is 23.0 Å². The van der Waals surface area contributed by atoms with Gasteiger partial charge < -0.3 is 9.80 Å². The van der Waals surface area contributed by atoms with Crippen LogP contribution in [0, 0.1) is 0 Å². The summed E-state index contributed by atoms with van der Waals surface area (Å²) in [5, 5.41) is 1.01. The molecule has 4 heteroatoms. The van der Waals surface area contributed by atoms with Gasteiger partial charge >= 0.3 is 0 Å². The molecule has 2 rings (SSSR count). The lowest BCUT2D eigenvalue weighted by Gasteiger charge is -2.24. The van der Waals surface area contributed by atoms with E-state index < -0.39 is 0 Å². The maximum atomic E-state index is 11.4. The number of carbonyl (C=O) groups excluding carboxylic acids is 1. The van der Waals surface area contributed by atoms with Crippen molar-refractivity contribution in [3.8, 4) is 0 Å². The topological polar surface area (TPSA) is 36.4 Å². The molecule has 0 fully saturated rings. The molecule has 4 nitrogen and oxygen atoms in total. The molecule has 0 aliphatic rings.